The lowest BCUT2D eigenvalue weighted by atomic mass is 10.3. The second kappa shape index (κ2) is 5.96. The van der Waals surface area contributed by atoms with Gasteiger partial charge in [-0.2, -0.15) is 15.9 Å². The summed E-state index contributed by atoms with van der Waals surface area (Å²) in [6.45, 7) is 1.22. The highest BCUT2D eigenvalue weighted by Crippen LogP contribution is 2.28. The highest BCUT2D eigenvalue weighted by atomic mass is 32.1. The van der Waals surface area contributed by atoms with Crippen LogP contribution < -0.4 is 10.6 Å². The van der Waals surface area contributed by atoms with E-state index in [4.69, 9.17) is 0 Å². The lowest BCUT2D eigenvalue weighted by molar-refractivity contribution is -0.122. The highest BCUT2D eigenvalue weighted by molar-refractivity contribution is 7.08. The molecule has 23 heavy (non-hydrogen) atoms. The monoisotopic (exact) mass is 328 g/mol. The first-order valence-corrected chi connectivity index (χ1v) is 8.52. The molecule has 2 N–H and O–H groups in total. The molecule has 1 aliphatic rings. The Balaban J connectivity index is 1.43. The predicted octanol–water partition coefficient (Wildman–Crippen LogP) is 1.79. The minimum absolute atomic E-state index is 0.161. The summed E-state index contributed by atoms with van der Waals surface area (Å²) in [4.78, 5) is 11.6. The first-order valence-electron chi connectivity index (χ1n) is 7.58. The number of anilines is 1. The molecule has 3 aromatic rings. The van der Waals surface area contributed by atoms with E-state index in [1.165, 1.54) is 0 Å². The van der Waals surface area contributed by atoms with Gasteiger partial charge in [0.1, 0.15) is 5.82 Å². The van der Waals surface area contributed by atoms with E-state index in [2.05, 4.69) is 25.9 Å². The lowest BCUT2D eigenvalue weighted by Crippen LogP contribution is -2.30. The largest absolute Gasteiger partial charge is 0.367 e. The molecule has 1 saturated carbocycles. The molecule has 0 aromatic carbocycles. The van der Waals surface area contributed by atoms with Crippen molar-refractivity contribution in [2.24, 2.45) is 5.92 Å². The standard InChI is InChI=1S/C15H16N6OS/c22-15(10-1-2-10)17-7-6-16-12-3-4-13-18-19-14(21(13)20-12)11-5-8-23-9-11/h3-5,8-10H,1-2,6-7H2,(H,16,20)(H,17,22). The van der Waals surface area contributed by atoms with Gasteiger partial charge in [0.25, 0.3) is 0 Å². The van der Waals surface area contributed by atoms with Gasteiger partial charge in [0.15, 0.2) is 11.5 Å². The maximum atomic E-state index is 11.6. The van der Waals surface area contributed by atoms with Gasteiger partial charge in [-0.25, -0.2) is 0 Å². The molecule has 1 aliphatic carbocycles. The Morgan fingerprint density at radius 2 is 2.17 bits per heavy atom. The van der Waals surface area contributed by atoms with Crippen LogP contribution in [0.25, 0.3) is 17.0 Å². The van der Waals surface area contributed by atoms with E-state index in [1.807, 2.05) is 29.0 Å². The fourth-order valence-electron chi connectivity index (χ4n) is 2.32. The minimum Gasteiger partial charge on any atom is -0.367 e. The van der Waals surface area contributed by atoms with Crippen molar-refractivity contribution >= 4 is 28.7 Å². The maximum Gasteiger partial charge on any atom is 0.223 e. The summed E-state index contributed by atoms with van der Waals surface area (Å²) in [5, 5.41) is 23.0. The number of hydrogen-bond donors (Lipinski definition) is 2. The fraction of sp³-hybridized carbons (Fsp3) is 0.333. The summed E-state index contributed by atoms with van der Waals surface area (Å²) in [6.07, 6.45) is 2.05. The molecule has 0 saturated heterocycles. The molecule has 0 unspecified atom stereocenters. The van der Waals surface area contributed by atoms with Crippen LogP contribution in [-0.4, -0.2) is 38.8 Å². The zero-order chi connectivity index (χ0) is 15.6. The molecule has 7 nitrogen and oxygen atoms in total. The Kier molecular flexibility index (Phi) is 3.66. The number of rotatable bonds is 6. The van der Waals surface area contributed by atoms with Crippen molar-refractivity contribution < 1.29 is 4.79 Å². The topological polar surface area (TPSA) is 84.2 Å². The third-order valence-electron chi connectivity index (χ3n) is 3.72. The Labute approximate surface area is 136 Å². The van der Waals surface area contributed by atoms with Crippen molar-refractivity contribution in [2.75, 3.05) is 18.4 Å². The molecule has 0 atom stereocenters. The average Bonchev–Trinajstić information content (AvgIpc) is 3.12. The van der Waals surface area contributed by atoms with E-state index < -0.39 is 0 Å². The van der Waals surface area contributed by atoms with Crippen molar-refractivity contribution in [3.63, 3.8) is 0 Å². The van der Waals surface area contributed by atoms with E-state index in [9.17, 15) is 4.79 Å². The second-order valence-corrected chi connectivity index (χ2v) is 6.30. The molecule has 0 spiro atoms. The number of carbonyl (C=O) groups is 1. The van der Waals surface area contributed by atoms with Crippen LogP contribution in [0.4, 0.5) is 5.82 Å². The van der Waals surface area contributed by atoms with Gasteiger partial charge in [0, 0.05) is 30.0 Å². The summed E-state index contributed by atoms with van der Waals surface area (Å²) in [7, 11) is 0. The SMILES string of the molecule is O=C(NCCNc1ccc2nnc(-c3ccsc3)n2n1)C1CC1. The molecule has 1 fully saturated rings. The van der Waals surface area contributed by atoms with Gasteiger partial charge >= 0.3 is 0 Å². The number of amides is 1. The third kappa shape index (κ3) is 3.02. The van der Waals surface area contributed by atoms with Crippen molar-refractivity contribution in [1.82, 2.24) is 25.1 Å². The zero-order valence-corrected chi connectivity index (χ0v) is 13.2. The van der Waals surface area contributed by atoms with Crippen LogP contribution in [0.1, 0.15) is 12.8 Å². The van der Waals surface area contributed by atoms with Crippen LogP contribution in [0, 0.1) is 5.92 Å². The number of nitrogens with one attached hydrogen (secondary N) is 2. The van der Waals surface area contributed by atoms with E-state index in [-0.39, 0.29) is 11.8 Å². The Morgan fingerprint density at radius 3 is 2.96 bits per heavy atom. The minimum atomic E-state index is 0.161. The smallest absolute Gasteiger partial charge is 0.223 e. The number of fused-ring (bicyclic) bond motifs is 1. The predicted molar refractivity (Wildman–Crippen MR) is 88.3 cm³/mol. The summed E-state index contributed by atoms with van der Waals surface area (Å²) >= 11 is 1.61. The summed E-state index contributed by atoms with van der Waals surface area (Å²) < 4.78 is 1.73. The molecule has 3 heterocycles. The normalized spacial score (nSPS) is 14.1. The number of aromatic nitrogens is 4. The molecule has 0 bridgehead atoms. The molecule has 0 aliphatic heterocycles. The van der Waals surface area contributed by atoms with Crippen LogP contribution in [0.15, 0.2) is 29.0 Å². The number of thiophene rings is 1. The summed E-state index contributed by atoms with van der Waals surface area (Å²) in [5.41, 5.74) is 1.71. The van der Waals surface area contributed by atoms with Crippen molar-refractivity contribution in [3.8, 4) is 11.4 Å². The van der Waals surface area contributed by atoms with Crippen LogP contribution >= 0.6 is 11.3 Å². The Hall–Kier alpha value is -2.48. The van der Waals surface area contributed by atoms with Crippen LogP contribution in [0.5, 0.6) is 0 Å². The van der Waals surface area contributed by atoms with Gasteiger partial charge < -0.3 is 10.6 Å². The van der Waals surface area contributed by atoms with Gasteiger partial charge in [-0.15, -0.1) is 15.3 Å². The number of hydrogen-bond acceptors (Lipinski definition) is 6. The third-order valence-corrected chi connectivity index (χ3v) is 4.40. The molecule has 118 valence electrons. The molecule has 4 rings (SSSR count). The van der Waals surface area contributed by atoms with Gasteiger partial charge in [0.2, 0.25) is 5.91 Å². The molecule has 1 amide bonds. The Morgan fingerprint density at radius 1 is 1.26 bits per heavy atom. The molecular weight excluding hydrogens is 312 g/mol. The van der Waals surface area contributed by atoms with E-state index in [0.29, 0.717) is 18.7 Å². The van der Waals surface area contributed by atoms with Crippen molar-refractivity contribution in [1.29, 1.82) is 0 Å². The van der Waals surface area contributed by atoms with Gasteiger partial charge in [-0.1, -0.05) is 0 Å². The van der Waals surface area contributed by atoms with Crippen molar-refractivity contribution in [3.05, 3.63) is 29.0 Å². The molecule has 3 aromatic heterocycles. The van der Waals surface area contributed by atoms with Gasteiger partial charge in [0.05, 0.1) is 0 Å². The average molecular weight is 328 g/mol. The molecule has 8 heteroatoms. The molecular formula is C15H16N6OS. The maximum absolute atomic E-state index is 11.6. The zero-order valence-electron chi connectivity index (χ0n) is 12.4. The lowest BCUT2D eigenvalue weighted by Gasteiger charge is -2.07. The molecule has 0 radical (unpaired) electrons. The first kappa shape index (κ1) is 14.1. The summed E-state index contributed by atoms with van der Waals surface area (Å²) in [5.74, 6) is 1.87. The first-order chi connectivity index (χ1) is 11.3. The van der Waals surface area contributed by atoms with Gasteiger partial charge in [-0.05, 0) is 36.4 Å². The van der Waals surface area contributed by atoms with E-state index in [0.717, 1.165) is 30.0 Å². The van der Waals surface area contributed by atoms with E-state index in [1.54, 1.807) is 15.9 Å². The Bertz CT molecular complexity index is 824. The van der Waals surface area contributed by atoms with Gasteiger partial charge in [-0.3, -0.25) is 4.79 Å². The number of carbonyl (C=O) groups excluding carboxylic acids is 1. The fourth-order valence-corrected chi connectivity index (χ4v) is 2.96. The van der Waals surface area contributed by atoms with Crippen LogP contribution in [-0.2, 0) is 4.79 Å². The van der Waals surface area contributed by atoms with Crippen LogP contribution in [0.3, 0.4) is 0 Å². The van der Waals surface area contributed by atoms with Crippen molar-refractivity contribution in [2.45, 2.75) is 12.8 Å². The quantitative estimate of drug-likeness (QED) is 0.674. The van der Waals surface area contributed by atoms with Crippen LogP contribution in [0.2, 0.25) is 0 Å². The van der Waals surface area contributed by atoms with E-state index >= 15 is 0 Å². The second-order valence-electron chi connectivity index (χ2n) is 5.52. The highest BCUT2D eigenvalue weighted by Gasteiger charge is 2.28. The summed E-state index contributed by atoms with van der Waals surface area (Å²) in [6, 6.07) is 5.74. The number of nitrogens with zero attached hydrogens (tertiary/aromatic N) is 4.